The van der Waals surface area contributed by atoms with Crippen molar-refractivity contribution in [3.63, 3.8) is 0 Å². The minimum atomic E-state index is 0.234. The van der Waals surface area contributed by atoms with Gasteiger partial charge < -0.3 is 5.32 Å². The van der Waals surface area contributed by atoms with Crippen molar-refractivity contribution in [2.24, 2.45) is 0 Å². The standard InChI is InChI=1S/C13H15N3/c1-10-5-7-15-9-13(10)11(2)16-12-4-3-6-14-8-12/h3-9,11,16H,1-2H3. The fraction of sp³-hybridized carbons (Fsp3) is 0.231. The van der Waals surface area contributed by atoms with Crippen LogP contribution in [-0.4, -0.2) is 9.97 Å². The highest BCUT2D eigenvalue weighted by molar-refractivity contribution is 5.43. The molecule has 2 aromatic heterocycles. The SMILES string of the molecule is Cc1ccncc1C(C)Nc1cccnc1. The number of rotatable bonds is 3. The molecule has 0 bridgehead atoms. The van der Waals surface area contributed by atoms with E-state index in [4.69, 9.17) is 0 Å². The molecule has 2 heterocycles. The highest BCUT2D eigenvalue weighted by atomic mass is 14.9. The molecule has 1 N–H and O–H groups in total. The molecule has 16 heavy (non-hydrogen) atoms. The normalized spacial score (nSPS) is 12.1. The molecular weight excluding hydrogens is 198 g/mol. The lowest BCUT2D eigenvalue weighted by Crippen LogP contribution is -2.08. The number of pyridine rings is 2. The summed E-state index contributed by atoms with van der Waals surface area (Å²) in [6, 6.07) is 6.19. The van der Waals surface area contributed by atoms with Crippen LogP contribution in [0.4, 0.5) is 5.69 Å². The molecule has 0 amide bonds. The maximum Gasteiger partial charge on any atom is 0.0531 e. The van der Waals surface area contributed by atoms with Crippen molar-refractivity contribution >= 4 is 5.69 Å². The van der Waals surface area contributed by atoms with E-state index in [1.54, 1.807) is 6.20 Å². The van der Waals surface area contributed by atoms with Crippen molar-refractivity contribution in [2.75, 3.05) is 5.32 Å². The second-order valence-electron chi connectivity index (χ2n) is 3.84. The van der Waals surface area contributed by atoms with Crippen molar-refractivity contribution in [2.45, 2.75) is 19.9 Å². The van der Waals surface area contributed by atoms with Gasteiger partial charge in [-0.05, 0) is 43.2 Å². The monoisotopic (exact) mass is 213 g/mol. The van der Waals surface area contributed by atoms with E-state index in [9.17, 15) is 0 Å². The minimum absolute atomic E-state index is 0.234. The van der Waals surface area contributed by atoms with E-state index >= 15 is 0 Å². The van der Waals surface area contributed by atoms with Gasteiger partial charge in [0.1, 0.15) is 0 Å². The topological polar surface area (TPSA) is 37.8 Å². The molecule has 2 rings (SSSR count). The molecule has 1 unspecified atom stereocenters. The quantitative estimate of drug-likeness (QED) is 0.851. The first-order valence-corrected chi connectivity index (χ1v) is 5.34. The fourth-order valence-electron chi connectivity index (χ4n) is 1.71. The Hall–Kier alpha value is -1.90. The second-order valence-corrected chi connectivity index (χ2v) is 3.84. The first-order valence-electron chi connectivity index (χ1n) is 5.34. The van der Waals surface area contributed by atoms with Gasteiger partial charge in [-0.2, -0.15) is 0 Å². The number of nitrogens with one attached hydrogen (secondary N) is 1. The van der Waals surface area contributed by atoms with Crippen LogP contribution in [0.1, 0.15) is 24.1 Å². The molecule has 0 fully saturated rings. The summed E-state index contributed by atoms with van der Waals surface area (Å²) in [5.41, 5.74) is 3.49. The van der Waals surface area contributed by atoms with Crippen LogP contribution in [0, 0.1) is 6.92 Å². The summed E-state index contributed by atoms with van der Waals surface area (Å²) in [7, 11) is 0. The van der Waals surface area contributed by atoms with Crippen LogP contribution in [0.25, 0.3) is 0 Å². The predicted molar refractivity (Wildman–Crippen MR) is 65.2 cm³/mol. The zero-order valence-corrected chi connectivity index (χ0v) is 9.51. The molecular formula is C13H15N3. The highest BCUT2D eigenvalue weighted by Gasteiger charge is 2.07. The van der Waals surface area contributed by atoms with E-state index in [-0.39, 0.29) is 6.04 Å². The third kappa shape index (κ3) is 2.37. The second kappa shape index (κ2) is 4.75. The molecule has 0 saturated carbocycles. The lowest BCUT2D eigenvalue weighted by Gasteiger charge is -2.16. The lowest BCUT2D eigenvalue weighted by atomic mass is 10.1. The molecule has 0 aliphatic carbocycles. The molecule has 0 aromatic carbocycles. The average Bonchev–Trinajstić information content (AvgIpc) is 2.31. The van der Waals surface area contributed by atoms with Crippen LogP contribution >= 0.6 is 0 Å². The van der Waals surface area contributed by atoms with Crippen LogP contribution in [0.5, 0.6) is 0 Å². The highest BCUT2D eigenvalue weighted by Crippen LogP contribution is 2.20. The number of anilines is 1. The van der Waals surface area contributed by atoms with Crippen molar-refractivity contribution < 1.29 is 0 Å². The van der Waals surface area contributed by atoms with Gasteiger partial charge in [-0.1, -0.05) is 0 Å². The van der Waals surface area contributed by atoms with Crippen molar-refractivity contribution in [1.29, 1.82) is 0 Å². The number of aryl methyl sites for hydroxylation is 1. The van der Waals surface area contributed by atoms with Gasteiger partial charge in [-0.3, -0.25) is 9.97 Å². The summed E-state index contributed by atoms with van der Waals surface area (Å²) >= 11 is 0. The molecule has 0 saturated heterocycles. The Labute approximate surface area is 95.6 Å². The van der Waals surface area contributed by atoms with E-state index in [1.165, 1.54) is 11.1 Å². The summed E-state index contributed by atoms with van der Waals surface area (Å²) < 4.78 is 0. The Bertz CT molecular complexity index is 454. The zero-order valence-electron chi connectivity index (χ0n) is 9.51. The molecule has 0 spiro atoms. The molecule has 82 valence electrons. The van der Waals surface area contributed by atoms with Gasteiger partial charge in [-0.25, -0.2) is 0 Å². The smallest absolute Gasteiger partial charge is 0.0531 e. The zero-order chi connectivity index (χ0) is 11.4. The van der Waals surface area contributed by atoms with Gasteiger partial charge in [0, 0.05) is 24.8 Å². The Kier molecular flexibility index (Phi) is 3.15. The van der Waals surface area contributed by atoms with Gasteiger partial charge in [0.2, 0.25) is 0 Å². The van der Waals surface area contributed by atoms with Crippen molar-refractivity contribution in [1.82, 2.24) is 9.97 Å². The molecule has 1 atom stereocenters. The van der Waals surface area contributed by atoms with E-state index in [0.717, 1.165) is 5.69 Å². The third-order valence-electron chi connectivity index (χ3n) is 2.59. The molecule has 3 heteroatoms. The number of nitrogens with zero attached hydrogens (tertiary/aromatic N) is 2. The maximum absolute atomic E-state index is 4.15. The minimum Gasteiger partial charge on any atom is -0.377 e. The van der Waals surface area contributed by atoms with Gasteiger partial charge in [-0.15, -0.1) is 0 Å². The van der Waals surface area contributed by atoms with E-state index in [2.05, 4.69) is 29.1 Å². The Balaban J connectivity index is 2.15. The Morgan fingerprint density at radius 1 is 1.12 bits per heavy atom. The predicted octanol–water partition coefficient (Wildman–Crippen LogP) is 2.96. The van der Waals surface area contributed by atoms with E-state index in [1.807, 2.05) is 36.8 Å². The van der Waals surface area contributed by atoms with Gasteiger partial charge in [0.15, 0.2) is 0 Å². The summed E-state index contributed by atoms with van der Waals surface area (Å²) in [5.74, 6) is 0. The number of hydrogen-bond acceptors (Lipinski definition) is 3. The first-order chi connectivity index (χ1) is 7.77. The molecule has 2 aromatic rings. The number of aromatic nitrogens is 2. The molecule has 0 aliphatic heterocycles. The largest absolute Gasteiger partial charge is 0.377 e. The van der Waals surface area contributed by atoms with Crippen LogP contribution < -0.4 is 5.32 Å². The van der Waals surface area contributed by atoms with Gasteiger partial charge in [0.05, 0.1) is 11.7 Å². The summed E-state index contributed by atoms with van der Waals surface area (Å²) in [6.07, 6.45) is 7.31. The van der Waals surface area contributed by atoms with Crippen molar-refractivity contribution in [3.8, 4) is 0 Å². The number of hydrogen-bond donors (Lipinski definition) is 1. The van der Waals surface area contributed by atoms with Crippen LogP contribution in [-0.2, 0) is 0 Å². The Morgan fingerprint density at radius 3 is 2.62 bits per heavy atom. The lowest BCUT2D eigenvalue weighted by molar-refractivity contribution is 0.863. The summed E-state index contributed by atoms with van der Waals surface area (Å²) in [4.78, 5) is 8.23. The summed E-state index contributed by atoms with van der Waals surface area (Å²) in [5, 5.41) is 3.40. The van der Waals surface area contributed by atoms with Crippen LogP contribution in [0.2, 0.25) is 0 Å². The fourth-order valence-corrected chi connectivity index (χ4v) is 1.71. The van der Waals surface area contributed by atoms with Gasteiger partial charge in [0.25, 0.3) is 0 Å². The third-order valence-corrected chi connectivity index (χ3v) is 2.59. The van der Waals surface area contributed by atoms with E-state index < -0.39 is 0 Å². The van der Waals surface area contributed by atoms with Crippen LogP contribution in [0.3, 0.4) is 0 Å². The summed E-state index contributed by atoms with van der Waals surface area (Å²) in [6.45, 7) is 4.22. The van der Waals surface area contributed by atoms with E-state index in [0.29, 0.717) is 0 Å². The molecule has 0 radical (unpaired) electrons. The average molecular weight is 213 g/mol. The van der Waals surface area contributed by atoms with Crippen molar-refractivity contribution in [3.05, 3.63) is 54.1 Å². The first kappa shape index (κ1) is 10.6. The molecule has 3 nitrogen and oxygen atoms in total. The van der Waals surface area contributed by atoms with Crippen LogP contribution in [0.15, 0.2) is 43.0 Å². The molecule has 0 aliphatic rings. The van der Waals surface area contributed by atoms with Gasteiger partial charge >= 0.3 is 0 Å². The maximum atomic E-state index is 4.15. The Morgan fingerprint density at radius 2 is 1.94 bits per heavy atom.